The van der Waals surface area contributed by atoms with Gasteiger partial charge in [-0.05, 0) is 17.5 Å². The standard InChI is InChI=1S/C20H23N7O6/c21-17-14-18(27(9-22-14)19-16(32)15(31)12(8-28)33-19)25-20(24-17)26-23-7-11-3-1-10(2-4-11)5-6-13(29)30/h1-4,9,12,15-16,19,28,31-32H,5-8H2,(H,29,30)(H2,21,24,25)/t12-,15-,16-,19?/m1/s1. The number of hydrogen-bond acceptors (Lipinski definition) is 11. The van der Waals surface area contributed by atoms with Gasteiger partial charge in [0.15, 0.2) is 17.7 Å². The number of ether oxygens (including phenoxy) is 1. The molecule has 6 N–H and O–H groups in total. The Morgan fingerprint density at radius 2 is 1.88 bits per heavy atom. The van der Waals surface area contributed by atoms with Gasteiger partial charge < -0.3 is 30.9 Å². The van der Waals surface area contributed by atoms with Gasteiger partial charge in [-0.3, -0.25) is 9.36 Å². The van der Waals surface area contributed by atoms with Crippen molar-refractivity contribution in [1.82, 2.24) is 19.5 Å². The number of aryl methyl sites for hydroxylation is 1. The van der Waals surface area contributed by atoms with E-state index in [1.807, 2.05) is 24.3 Å². The van der Waals surface area contributed by atoms with Crippen LogP contribution in [-0.4, -0.2) is 70.8 Å². The van der Waals surface area contributed by atoms with E-state index in [2.05, 4.69) is 25.2 Å². The Hall–Kier alpha value is -3.52. The minimum atomic E-state index is -1.31. The van der Waals surface area contributed by atoms with Gasteiger partial charge in [-0.25, -0.2) is 4.98 Å². The highest BCUT2D eigenvalue weighted by Gasteiger charge is 2.44. The highest BCUT2D eigenvalue weighted by atomic mass is 16.6. The third-order valence-electron chi connectivity index (χ3n) is 5.29. The summed E-state index contributed by atoms with van der Waals surface area (Å²) >= 11 is 0. The van der Waals surface area contributed by atoms with E-state index in [-0.39, 0.29) is 35.9 Å². The van der Waals surface area contributed by atoms with E-state index in [4.69, 9.17) is 15.6 Å². The molecule has 0 amide bonds. The first-order chi connectivity index (χ1) is 15.9. The minimum absolute atomic E-state index is 0.0217. The summed E-state index contributed by atoms with van der Waals surface area (Å²) in [7, 11) is 0. The number of fused-ring (bicyclic) bond motifs is 1. The molecule has 1 saturated heterocycles. The number of aliphatic carboxylic acids is 1. The Morgan fingerprint density at radius 3 is 2.55 bits per heavy atom. The van der Waals surface area contributed by atoms with E-state index in [1.165, 1.54) is 10.9 Å². The summed E-state index contributed by atoms with van der Waals surface area (Å²) in [5.74, 6) is -0.808. The number of imidazole rings is 1. The quantitative estimate of drug-likeness (QED) is 0.293. The second kappa shape index (κ2) is 9.54. The fourth-order valence-corrected chi connectivity index (χ4v) is 3.51. The number of rotatable bonds is 8. The first-order valence-electron chi connectivity index (χ1n) is 10.2. The highest BCUT2D eigenvalue weighted by molar-refractivity contribution is 5.82. The fourth-order valence-electron chi connectivity index (χ4n) is 3.51. The molecule has 4 rings (SSSR count). The fraction of sp³-hybridized carbons (Fsp3) is 0.400. The molecule has 0 saturated carbocycles. The van der Waals surface area contributed by atoms with Crippen molar-refractivity contribution in [2.45, 2.75) is 43.9 Å². The van der Waals surface area contributed by atoms with Crippen LogP contribution >= 0.6 is 0 Å². The van der Waals surface area contributed by atoms with E-state index < -0.39 is 37.1 Å². The van der Waals surface area contributed by atoms with Gasteiger partial charge >= 0.3 is 5.97 Å². The maximum absolute atomic E-state index is 10.7. The maximum atomic E-state index is 10.7. The molecule has 0 spiro atoms. The summed E-state index contributed by atoms with van der Waals surface area (Å²) < 4.78 is 6.93. The van der Waals surface area contributed by atoms with Crippen molar-refractivity contribution in [2.24, 2.45) is 10.2 Å². The number of aromatic nitrogens is 4. The summed E-state index contributed by atoms with van der Waals surface area (Å²) in [6.45, 7) is -0.215. The van der Waals surface area contributed by atoms with E-state index in [0.29, 0.717) is 6.42 Å². The van der Waals surface area contributed by atoms with Crippen LogP contribution in [0.5, 0.6) is 0 Å². The van der Waals surface area contributed by atoms with E-state index in [9.17, 15) is 20.1 Å². The summed E-state index contributed by atoms with van der Waals surface area (Å²) in [6.07, 6.45) is -2.68. The molecular weight excluding hydrogens is 434 g/mol. The molecular formula is C20H23N7O6. The lowest BCUT2D eigenvalue weighted by Gasteiger charge is -2.16. The number of nitrogens with zero attached hydrogens (tertiary/aromatic N) is 6. The number of aliphatic hydroxyl groups excluding tert-OH is 3. The number of carbonyl (C=O) groups is 1. The first kappa shape index (κ1) is 22.7. The molecule has 1 aliphatic rings. The Bertz CT molecular complexity index is 1170. The molecule has 33 heavy (non-hydrogen) atoms. The molecule has 13 heteroatoms. The van der Waals surface area contributed by atoms with Crippen molar-refractivity contribution in [3.8, 4) is 0 Å². The molecule has 0 aliphatic carbocycles. The third kappa shape index (κ3) is 4.80. The second-order valence-corrected chi connectivity index (χ2v) is 7.57. The number of carboxylic acid groups (broad SMARTS) is 1. The number of azo groups is 1. The van der Waals surface area contributed by atoms with Crippen LogP contribution in [0, 0.1) is 0 Å². The molecule has 174 valence electrons. The third-order valence-corrected chi connectivity index (χ3v) is 5.29. The van der Waals surface area contributed by atoms with E-state index in [1.54, 1.807) is 0 Å². The molecule has 3 heterocycles. The topological polar surface area (TPSA) is 202 Å². The Balaban J connectivity index is 1.50. The van der Waals surface area contributed by atoms with Crippen molar-refractivity contribution in [1.29, 1.82) is 0 Å². The van der Waals surface area contributed by atoms with Crippen LogP contribution in [0.25, 0.3) is 11.2 Å². The summed E-state index contributed by atoms with van der Waals surface area (Å²) in [5, 5.41) is 46.5. The lowest BCUT2D eigenvalue weighted by atomic mass is 10.1. The van der Waals surface area contributed by atoms with Crippen LogP contribution < -0.4 is 5.73 Å². The van der Waals surface area contributed by atoms with Crippen LogP contribution in [0.15, 0.2) is 40.8 Å². The molecule has 4 atom stereocenters. The zero-order valence-corrected chi connectivity index (χ0v) is 17.4. The monoisotopic (exact) mass is 457 g/mol. The molecule has 3 aromatic rings. The zero-order chi connectivity index (χ0) is 23.5. The smallest absolute Gasteiger partial charge is 0.303 e. The zero-order valence-electron chi connectivity index (χ0n) is 17.4. The number of nitrogens with two attached hydrogens (primary N) is 1. The average Bonchev–Trinajstić information content (AvgIpc) is 3.34. The van der Waals surface area contributed by atoms with Crippen LogP contribution in [0.4, 0.5) is 11.8 Å². The van der Waals surface area contributed by atoms with Gasteiger partial charge in [0.25, 0.3) is 5.95 Å². The number of carboxylic acids is 1. The lowest BCUT2D eigenvalue weighted by Crippen LogP contribution is -2.33. The number of aliphatic hydroxyl groups is 3. The summed E-state index contributed by atoms with van der Waals surface area (Å²) in [5.41, 5.74) is 8.25. The van der Waals surface area contributed by atoms with Gasteiger partial charge in [-0.15, -0.1) is 5.11 Å². The molecule has 1 unspecified atom stereocenters. The van der Waals surface area contributed by atoms with Gasteiger partial charge in [0.2, 0.25) is 0 Å². The van der Waals surface area contributed by atoms with Crippen molar-refractivity contribution in [3.05, 3.63) is 41.7 Å². The van der Waals surface area contributed by atoms with Gasteiger partial charge in [-0.1, -0.05) is 24.3 Å². The molecule has 0 bridgehead atoms. The SMILES string of the molecule is Nc1nc(N=NCc2ccc(CCC(=O)O)cc2)nc2c1ncn2C1O[C@H](CO)[C@@H](O)[C@H]1O. The predicted octanol–water partition coefficient (Wildman–Crippen LogP) is 0.321. The van der Waals surface area contributed by atoms with Crippen molar-refractivity contribution < 1.29 is 30.0 Å². The minimum Gasteiger partial charge on any atom is -0.481 e. The number of hydrogen-bond donors (Lipinski definition) is 5. The number of nitrogen functional groups attached to an aromatic ring is 1. The van der Waals surface area contributed by atoms with Gasteiger partial charge in [-0.2, -0.15) is 15.1 Å². The molecule has 1 aromatic carbocycles. The number of benzene rings is 1. The van der Waals surface area contributed by atoms with Gasteiger partial charge in [0.05, 0.1) is 19.5 Å². The van der Waals surface area contributed by atoms with E-state index in [0.717, 1.165) is 11.1 Å². The summed E-state index contributed by atoms with van der Waals surface area (Å²) in [6, 6.07) is 7.36. The largest absolute Gasteiger partial charge is 0.481 e. The maximum Gasteiger partial charge on any atom is 0.303 e. The molecule has 1 aliphatic heterocycles. The Labute approximate surface area is 187 Å². The first-order valence-corrected chi connectivity index (χ1v) is 10.2. The van der Waals surface area contributed by atoms with Crippen molar-refractivity contribution in [3.63, 3.8) is 0 Å². The highest BCUT2D eigenvalue weighted by Crippen LogP contribution is 2.32. The Morgan fingerprint density at radius 1 is 1.15 bits per heavy atom. The predicted molar refractivity (Wildman–Crippen MR) is 113 cm³/mol. The van der Waals surface area contributed by atoms with Crippen LogP contribution in [-0.2, 0) is 22.5 Å². The Kier molecular flexibility index (Phi) is 6.55. The van der Waals surface area contributed by atoms with Crippen LogP contribution in [0.2, 0.25) is 0 Å². The number of anilines is 1. The molecule has 2 aromatic heterocycles. The van der Waals surface area contributed by atoms with Crippen molar-refractivity contribution >= 4 is 28.9 Å². The van der Waals surface area contributed by atoms with Crippen molar-refractivity contribution in [2.75, 3.05) is 12.3 Å². The van der Waals surface area contributed by atoms with Crippen LogP contribution in [0.3, 0.4) is 0 Å². The average molecular weight is 457 g/mol. The van der Waals surface area contributed by atoms with E-state index >= 15 is 0 Å². The molecule has 0 radical (unpaired) electrons. The normalized spacial score (nSPS) is 23.0. The van der Waals surface area contributed by atoms with Gasteiger partial charge in [0.1, 0.15) is 23.8 Å². The molecule has 13 nitrogen and oxygen atoms in total. The second-order valence-electron chi connectivity index (χ2n) is 7.57. The molecule has 1 fully saturated rings. The lowest BCUT2D eigenvalue weighted by molar-refractivity contribution is -0.136. The summed E-state index contributed by atoms with van der Waals surface area (Å²) in [4.78, 5) is 23.2. The van der Waals surface area contributed by atoms with Gasteiger partial charge in [0, 0.05) is 6.42 Å². The van der Waals surface area contributed by atoms with Crippen LogP contribution in [0.1, 0.15) is 23.8 Å².